The summed E-state index contributed by atoms with van der Waals surface area (Å²) in [6.07, 6.45) is -0.100. The molecule has 4 amide bonds. The third kappa shape index (κ3) is 8.17. The lowest BCUT2D eigenvalue weighted by molar-refractivity contribution is -0.134. The third-order valence-electron chi connectivity index (χ3n) is 5.53. The molecule has 8 nitrogen and oxygen atoms in total. The molecule has 3 rings (SSSR count). The lowest BCUT2D eigenvalue weighted by Gasteiger charge is -2.40. The summed E-state index contributed by atoms with van der Waals surface area (Å²) in [6.45, 7) is 9.17. The van der Waals surface area contributed by atoms with Crippen LogP contribution in [-0.4, -0.2) is 59.1 Å². The molecule has 1 saturated heterocycles. The van der Waals surface area contributed by atoms with Crippen LogP contribution in [0.4, 0.5) is 15.3 Å². The van der Waals surface area contributed by atoms with Gasteiger partial charge in [-0.15, -0.1) is 0 Å². The summed E-state index contributed by atoms with van der Waals surface area (Å²) in [5, 5.41) is 6.23. The van der Waals surface area contributed by atoms with E-state index in [1.807, 2.05) is 52.0 Å². The number of piperazine rings is 1. The van der Waals surface area contributed by atoms with E-state index in [2.05, 4.69) is 10.6 Å². The summed E-state index contributed by atoms with van der Waals surface area (Å²) in [5.74, 6) is 0.00255. The summed E-state index contributed by atoms with van der Waals surface area (Å²) in [6, 6.07) is 14.0. The minimum absolute atomic E-state index is 0.00255. The number of carbonyl (C=O) groups excluding carboxylic acids is 3. The van der Waals surface area contributed by atoms with Gasteiger partial charge in [-0.05, 0) is 63.1 Å². The Bertz CT molecular complexity index is 1030. The molecule has 1 heterocycles. The highest BCUT2D eigenvalue weighted by atomic mass is 35.5. The number of halogens is 1. The van der Waals surface area contributed by atoms with Crippen molar-refractivity contribution < 1.29 is 19.1 Å². The molecule has 2 N–H and O–H groups in total. The molecule has 0 bridgehead atoms. The SMILES string of the molecule is C[C@H]1CN(C(=O)OC(C)(C)C)CCN1C(=O)Cc1ccc(NC(=O)NCc2ccc(Cl)cc2)cc1. The van der Waals surface area contributed by atoms with Gasteiger partial charge in [0.1, 0.15) is 5.60 Å². The highest BCUT2D eigenvalue weighted by Gasteiger charge is 2.31. The number of nitrogens with zero attached hydrogens (tertiary/aromatic N) is 2. The predicted molar refractivity (Wildman–Crippen MR) is 136 cm³/mol. The molecule has 188 valence electrons. The van der Waals surface area contributed by atoms with Crippen molar-refractivity contribution in [3.05, 3.63) is 64.7 Å². The maximum absolute atomic E-state index is 12.9. The fraction of sp³-hybridized carbons (Fsp3) is 0.423. The van der Waals surface area contributed by atoms with Gasteiger partial charge in [-0.2, -0.15) is 0 Å². The van der Waals surface area contributed by atoms with Crippen LogP contribution in [0.3, 0.4) is 0 Å². The van der Waals surface area contributed by atoms with Gasteiger partial charge in [0.05, 0.1) is 6.42 Å². The monoisotopic (exact) mass is 500 g/mol. The molecule has 0 spiro atoms. The Kier molecular flexibility index (Phi) is 8.62. The van der Waals surface area contributed by atoms with Gasteiger partial charge < -0.3 is 25.2 Å². The molecule has 2 aromatic carbocycles. The normalized spacial score (nSPS) is 16.0. The van der Waals surface area contributed by atoms with Crippen LogP contribution in [0.5, 0.6) is 0 Å². The van der Waals surface area contributed by atoms with Crippen molar-refractivity contribution >= 4 is 35.3 Å². The molecular formula is C26H33ClN4O4. The molecule has 35 heavy (non-hydrogen) atoms. The van der Waals surface area contributed by atoms with Gasteiger partial charge in [-0.25, -0.2) is 9.59 Å². The summed E-state index contributed by atoms with van der Waals surface area (Å²) in [7, 11) is 0. The third-order valence-corrected chi connectivity index (χ3v) is 5.78. The van der Waals surface area contributed by atoms with Crippen molar-refractivity contribution in [2.45, 2.75) is 52.3 Å². The molecule has 0 aliphatic carbocycles. The quantitative estimate of drug-likeness (QED) is 0.624. The number of ether oxygens (including phenoxy) is 1. The number of hydrogen-bond acceptors (Lipinski definition) is 4. The molecule has 9 heteroatoms. The van der Waals surface area contributed by atoms with E-state index in [4.69, 9.17) is 16.3 Å². The second-order valence-electron chi connectivity index (χ2n) is 9.67. The molecule has 0 saturated carbocycles. The average Bonchev–Trinajstić information content (AvgIpc) is 2.78. The Hall–Kier alpha value is -3.26. The molecule has 1 atom stereocenters. The van der Waals surface area contributed by atoms with E-state index < -0.39 is 5.60 Å². The highest BCUT2D eigenvalue weighted by Crippen LogP contribution is 2.17. The second-order valence-corrected chi connectivity index (χ2v) is 10.1. The number of anilines is 1. The van der Waals surface area contributed by atoms with Crippen molar-refractivity contribution in [3.8, 4) is 0 Å². The number of carbonyl (C=O) groups is 3. The molecular weight excluding hydrogens is 468 g/mol. The second kappa shape index (κ2) is 11.4. The van der Waals surface area contributed by atoms with E-state index in [1.165, 1.54) is 0 Å². The minimum Gasteiger partial charge on any atom is -0.444 e. The fourth-order valence-corrected chi connectivity index (χ4v) is 3.89. The maximum Gasteiger partial charge on any atom is 0.410 e. The zero-order valence-corrected chi connectivity index (χ0v) is 21.4. The largest absolute Gasteiger partial charge is 0.444 e. The van der Waals surface area contributed by atoms with Crippen LogP contribution in [0, 0.1) is 0 Å². The number of rotatable bonds is 5. The van der Waals surface area contributed by atoms with E-state index in [1.54, 1.807) is 34.1 Å². The lowest BCUT2D eigenvalue weighted by atomic mass is 10.1. The van der Waals surface area contributed by atoms with E-state index in [0.717, 1.165) is 11.1 Å². The predicted octanol–water partition coefficient (Wildman–Crippen LogP) is 4.67. The van der Waals surface area contributed by atoms with Crippen molar-refractivity contribution in [3.63, 3.8) is 0 Å². The molecule has 0 aromatic heterocycles. The summed E-state index contributed by atoms with van der Waals surface area (Å²) < 4.78 is 5.44. The van der Waals surface area contributed by atoms with Crippen LogP contribution < -0.4 is 10.6 Å². The van der Waals surface area contributed by atoms with Crippen molar-refractivity contribution in [2.24, 2.45) is 0 Å². The highest BCUT2D eigenvalue weighted by molar-refractivity contribution is 6.30. The van der Waals surface area contributed by atoms with Gasteiger partial charge in [0.25, 0.3) is 0 Å². The van der Waals surface area contributed by atoms with Crippen LogP contribution in [0.1, 0.15) is 38.8 Å². The van der Waals surface area contributed by atoms with Gasteiger partial charge in [-0.1, -0.05) is 35.9 Å². The van der Waals surface area contributed by atoms with E-state index in [9.17, 15) is 14.4 Å². The first-order valence-corrected chi connectivity index (χ1v) is 12.0. The topological polar surface area (TPSA) is 91.0 Å². The first kappa shape index (κ1) is 26.3. The standard InChI is InChI=1S/C26H33ClN4O4/c1-18-17-30(25(34)35-26(2,3)4)13-14-31(18)23(32)15-19-7-11-22(12-8-19)29-24(33)28-16-20-5-9-21(27)10-6-20/h5-12,18H,13-17H2,1-4H3,(H2,28,29,33)/t18-/m0/s1. The minimum atomic E-state index is -0.550. The first-order chi connectivity index (χ1) is 16.5. The zero-order chi connectivity index (χ0) is 25.6. The molecule has 1 fully saturated rings. The Labute approximate surface area is 211 Å². The van der Waals surface area contributed by atoms with Gasteiger partial charge in [0, 0.05) is 42.9 Å². The molecule has 0 unspecified atom stereocenters. The number of benzene rings is 2. The molecule has 1 aliphatic rings. The Morgan fingerprint density at radius 3 is 2.23 bits per heavy atom. The average molecular weight is 501 g/mol. The van der Waals surface area contributed by atoms with Crippen LogP contribution in [0.2, 0.25) is 5.02 Å². The van der Waals surface area contributed by atoms with Crippen molar-refractivity contribution in [1.29, 1.82) is 0 Å². The molecule has 2 aromatic rings. The summed E-state index contributed by atoms with van der Waals surface area (Å²) >= 11 is 5.87. The first-order valence-electron chi connectivity index (χ1n) is 11.7. The van der Waals surface area contributed by atoms with Gasteiger partial charge >= 0.3 is 12.1 Å². The lowest BCUT2D eigenvalue weighted by Crippen LogP contribution is -2.56. The van der Waals surface area contributed by atoms with Gasteiger partial charge in [0.2, 0.25) is 5.91 Å². The Balaban J connectivity index is 1.46. The molecule has 0 radical (unpaired) electrons. The number of hydrogen-bond donors (Lipinski definition) is 2. The maximum atomic E-state index is 12.9. The summed E-state index contributed by atoms with van der Waals surface area (Å²) in [4.78, 5) is 40.8. The van der Waals surface area contributed by atoms with Crippen LogP contribution in [0.25, 0.3) is 0 Å². The van der Waals surface area contributed by atoms with Crippen LogP contribution >= 0.6 is 11.6 Å². The van der Waals surface area contributed by atoms with Gasteiger partial charge in [0.15, 0.2) is 0 Å². The smallest absolute Gasteiger partial charge is 0.410 e. The zero-order valence-electron chi connectivity index (χ0n) is 20.6. The van der Waals surface area contributed by atoms with Crippen molar-refractivity contribution in [2.75, 3.05) is 25.0 Å². The number of nitrogens with one attached hydrogen (secondary N) is 2. The fourth-order valence-electron chi connectivity index (χ4n) is 3.76. The Morgan fingerprint density at radius 1 is 1.00 bits per heavy atom. The number of amides is 4. The van der Waals surface area contributed by atoms with E-state index >= 15 is 0 Å². The van der Waals surface area contributed by atoms with Crippen LogP contribution in [-0.2, 0) is 22.5 Å². The van der Waals surface area contributed by atoms with E-state index in [0.29, 0.717) is 36.9 Å². The van der Waals surface area contributed by atoms with Crippen LogP contribution in [0.15, 0.2) is 48.5 Å². The summed E-state index contributed by atoms with van der Waals surface area (Å²) in [5.41, 5.74) is 1.88. The van der Waals surface area contributed by atoms with Gasteiger partial charge in [-0.3, -0.25) is 4.79 Å². The molecule has 1 aliphatic heterocycles. The number of urea groups is 1. The van der Waals surface area contributed by atoms with E-state index in [-0.39, 0.29) is 30.5 Å². The van der Waals surface area contributed by atoms with Crippen molar-refractivity contribution in [1.82, 2.24) is 15.1 Å². The Morgan fingerprint density at radius 2 is 1.63 bits per heavy atom.